The van der Waals surface area contributed by atoms with Crippen LogP contribution in [0.3, 0.4) is 0 Å². The zero-order valence-corrected chi connectivity index (χ0v) is 16.4. The van der Waals surface area contributed by atoms with Crippen molar-refractivity contribution in [2.45, 2.75) is 24.5 Å². The number of hydrogen-bond acceptors (Lipinski definition) is 6. The molecule has 1 atom stereocenters. The average molecular weight is 405 g/mol. The van der Waals surface area contributed by atoms with E-state index >= 15 is 0 Å². The summed E-state index contributed by atoms with van der Waals surface area (Å²) < 4.78 is 33.3. The lowest BCUT2D eigenvalue weighted by molar-refractivity contribution is -0.385. The van der Waals surface area contributed by atoms with E-state index in [1.165, 1.54) is 17.7 Å². The van der Waals surface area contributed by atoms with Crippen LogP contribution in [-0.4, -0.2) is 50.6 Å². The fourth-order valence-corrected chi connectivity index (χ4v) is 4.21. The molecule has 3 rings (SSSR count). The molecule has 1 aliphatic rings. The molecule has 1 N–H and O–H groups in total. The van der Waals surface area contributed by atoms with Gasteiger partial charge in [0.15, 0.2) is 0 Å². The predicted molar refractivity (Wildman–Crippen MR) is 104 cm³/mol. The minimum Gasteiger partial charge on any atom is -0.374 e. The van der Waals surface area contributed by atoms with Crippen molar-refractivity contribution in [3.8, 4) is 0 Å². The lowest BCUT2D eigenvalue weighted by Crippen LogP contribution is -2.47. The smallest absolute Gasteiger partial charge is 0.273 e. The molecule has 2 aromatic carbocycles. The molecule has 0 spiro atoms. The molecule has 1 aliphatic heterocycles. The summed E-state index contributed by atoms with van der Waals surface area (Å²) in [4.78, 5) is 12.6. The van der Waals surface area contributed by atoms with E-state index in [4.69, 9.17) is 4.74 Å². The topological polar surface area (TPSA) is 102 Å². The van der Waals surface area contributed by atoms with Crippen molar-refractivity contribution >= 4 is 15.7 Å². The Morgan fingerprint density at radius 2 is 2.00 bits per heavy atom. The van der Waals surface area contributed by atoms with E-state index in [2.05, 4.69) is 21.8 Å². The predicted octanol–water partition coefficient (Wildman–Crippen LogP) is 2.08. The maximum Gasteiger partial charge on any atom is 0.273 e. The van der Waals surface area contributed by atoms with Crippen molar-refractivity contribution in [2.24, 2.45) is 0 Å². The van der Waals surface area contributed by atoms with Crippen molar-refractivity contribution < 1.29 is 18.1 Å². The van der Waals surface area contributed by atoms with Crippen molar-refractivity contribution in [3.05, 3.63) is 69.8 Å². The Balaban J connectivity index is 1.61. The van der Waals surface area contributed by atoms with Gasteiger partial charge in [-0.2, -0.15) is 0 Å². The molecule has 0 aliphatic carbocycles. The van der Waals surface area contributed by atoms with E-state index in [9.17, 15) is 18.5 Å². The first-order valence-corrected chi connectivity index (χ1v) is 10.5. The highest BCUT2D eigenvalue weighted by Gasteiger charge is 2.24. The van der Waals surface area contributed by atoms with E-state index in [0.717, 1.165) is 19.2 Å². The van der Waals surface area contributed by atoms with Crippen LogP contribution in [0, 0.1) is 17.0 Å². The highest BCUT2D eigenvalue weighted by atomic mass is 32.2. The molecule has 9 heteroatoms. The molecule has 1 saturated heterocycles. The number of aryl methyl sites for hydroxylation is 1. The number of rotatable bonds is 7. The molecule has 1 heterocycles. The molecule has 0 saturated carbocycles. The second kappa shape index (κ2) is 8.78. The van der Waals surface area contributed by atoms with Gasteiger partial charge in [0.1, 0.15) is 0 Å². The van der Waals surface area contributed by atoms with Gasteiger partial charge in [-0.25, -0.2) is 13.1 Å². The second-order valence-corrected chi connectivity index (χ2v) is 8.54. The molecule has 28 heavy (non-hydrogen) atoms. The third-order valence-electron chi connectivity index (χ3n) is 4.66. The van der Waals surface area contributed by atoms with E-state index in [1.54, 1.807) is 6.92 Å². The Morgan fingerprint density at radius 1 is 1.25 bits per heavy atom. The summed E-state index contributed by atoms with van der Waals surface area (Å²) in [7, 11) is -3.86. The molecule has 8 nitrogen and oxygen atoms in total. The van der Waals surface area contributed by atoms with E-state index in [1.807, 2.05) is 18.2 Å². The summed E-state index contributed by atoms with van der Waals surface area (Å²) in [5, 5.41) is 11.1. The van der Waals surface area contributed by atoms with E-state index in [-0.39, 0.29) is 23.2 Å². The Bertz CT molecular complexity index is 934. The minimum atomic E-state index is -3.86. The summed E-state index contributed by atoms with van der Waals surface area (Å²) in [6.45, 7) is 4.36. The van der Waals surface area contributed by atoms with Gasteiger partial charge in [0.25, 0.3) is 5.69 Å². The minimum absolute atomic E-state index is 0.106. The first kappa shape index (κ1) is 20.4. The van der Waals surface area contributed by atoms with Crippen LogP contribution in [0.5, 0.6) is 0 Å². The Hall–Kier alpha value is -2.33. The molecule has 0 amide bonds. The van der Waals surface area contributed by atoms with Crippen molar-refractivity contribution in [3.63, 3.8) is 0 Å². The monoisotopic (exact) mass is 405 g/mol. The Kier molecular flexibility index (Phi) is 6.40. The number of benzene rings is 2. The van der Waals surface area contributed by atoms with Gasteiger partial charge < -0.3 is 4.74 Å². The largest absolute Gasteiger partial charge is 0.374 e. The van der Waals surface area contributed by atoms with Gasteiger partial charge in [-0.05, 0) is 18.6 Å². The average Bonchev–Trinajstić information content (AvgIpc) is 2.67. The van der Waals surface area contributed by atoms with Gasteiger partial charge in [-0.1, -0.05) is 36.4 Å². The van der Waals surface area contributed by atoms with Crippen molar-refractivity contribution in [1.82, 2.24) is 9.62 Å². The van der Waals surface area contributed by atoms with Crippen LogP contribution in [0.4, 0.5) is 5.69 Å². The van der Waals surface area contributed by atoms with Gasteiger partial charge in [0, 0.05) is 37.8 Å². The molecule has 150 valence electrons. The first-order chi connectivity index (χ1) is 13.3. The van der Waals surface area contributed by atoms with Crippen LogP contribution in [-0.2, 0) is 21.3 Å². The SMILES string of the molecule is Cc1ccc(S(=O)(=O)NCC2CN(Cc3ccccc3)CCO2)cc1[N+](=O)[O-]. The molecular formula is C19H23N3O5S. The van der Waals surface area contributed by atoms with Crippen LogP contribution in [0.1, 0.15) is 11.1 Å². The summed E-state index contributed by atoms with van der Waals surface area (Å²) in [6.07, 6.45) is -0.285. The summed E-state index contributed by atoms with van der Waals surface area (Å²) in [6, 6.07) is 13.9. The molecule has 0 aromatic heterocycles. The maximum atomic E-state index is 12.5. The number of nitrogens with one attached hydrogen (secondary N) is 1. The number of nitro benzene ring substituents is 1. The third-order valence-corrected chi connectivity index (χ3v) is 6.08. The quantitative estimate of drug-likeness (QED) is 0.559. The molecule has 1 fully saturated rings. The van der Waals surface area contributed by atoms with E-state index in [0.29, 0.717) is 18.7 Å². The van der Waals surface area contributed by atoms with Crippen molar-refractivity contribution in [1.29, 1.82) is 0 Å². The van der Waals surface area contributed by atoms with Crippen LogP contribution in [0.2, 0.25) is 0 Å². The number of nitro groups is 1. The normalized spacial score (nSPS) is 18.1. The molecule has 0 radical (unpaired) electrons. The van der Waals surface area contributed by atoms with Gasteiger partial charge in [0.2, 0.25) is 10.0 Å². The van der Waals surface area contributed by atoms with Gasteiger partial charge >= 0.3 is 0 Å². The van der Waals surface area contributed by atoms with Gasteiger partial charge in [-0.3, -0.25) is 15.0 Å². The number of hydrogen-bond donors (Lipinski definition) is 1. The number of nitrogens with zero attached hydrogens (tertiary/aromatic N) is 2. The van der Waals surface area contributed by atoms with Crippen LogP contribution < -0.4 is 4.72 Å². The number of sulfonamides is 1. The lowest BCUT2D eigenvalue weighted by Gasteiger charge is -2.33. The number of ether oxygens (including phenoxy) is 1. The Morgan fingerprint density at radius 3 is 2.71 bits per heavy atom. The molecule has 2 aromatic rings. The van der Waals surface area contributed by atoms with Crippen LogP contribution in [0.15, 0.2) is 53.4 Å². The zero-order chi connectivity index (χ0) is 20.1. The Labute approximate surface area is 164 Å². The molecule has 1 unspecified atom stereocenters. The fourth-order valence-electron chi connectivity index (χ4n) is 3.13. The van der Waals surface area contributed by atoms with Crippen LogP contribution >= 0.6 is 0 Å². The van der Waals surface area contributed by atoms with Crippen molar-refractivity contribution in [2.75, 3.05) is 26.2 Å². The van der Waals surface area contributed by atoms with E-state index < -0.39 is 14.9 Å². The first-order valence-electron chi connectivity index (χ1n) is 8.98. The summed E-state index contributed by atoms with van der Waals surface area (Å²) >= 11 is 0. The fraction of sp³-hybridized carbons (Fsp3) is 0.368. The number of morpholine rings is 1. The standard InChI is InChI=1S/C19H23N3O5S/c1-15-7-8-18(11-19(15)22(23)24)28(25,26)20-12-17-14-21(9-10-27-17)13-16-5-3-2-4-6-16/h2-8,11,17,20H,9-10,12-14H2,1H3. The highest BCUT2D eigenvalue weighted by Crippen LogP contribution is 2.22. The maximum absolute atomic E-state index is 12.5. The zero-order valence-electron chi connectivity index (χ0n) is 15.6. The van der Waals surface area contributed by atoms with Gasteiger partial charge in [-0.15, -0.1) is 0 Å². The lowest BCUT2D eigenvalue weighted by atomic mass is 10.2. The molecule has 0 bridgehead atoms. The highest BCUT2D eigenvalue weighted by molar-refractivity contribution is 7.89. The summed E-state index contributed by atoms with van der Waals surface area (Å²) in [5.74, 6) is 0. The molecular weight excluding hydrogens is 382 g/mol. The van der Waals surface area contributed by atoms with Crippen LogP contribution in [0.25, 0.3) is 0 Å². The summed E-state index contributed by atoms with van der Waals surface area (Å²) in [5.41, 5.74) is 1.39. The third kappa shape index (κ3) is 5.14. The van der Waals surface area contributed by atoms with Gasteiger partial charge in [0.05, 0.1) is 22.5 Å². The second-order valence-electron chi connectivity index (χ2n) is 6.77.